The molecule has 1 unspecified atom stereocenters. The van der Waals surface area contributed by atoms with Crippen LogP contribution in [-0.2, 0) is 37.2 Å². The van der Waals surface area contributed by atoms with E-state index in [0.29, 0.717) is 16.6 Å². The van der Waals surface area contributed by atoms with E-state index in [9.17, 15) is 18.0 Å². The third-order valence-electron chi connectivity index (χ3n) is 7.08. The average Bonchev–Trinajstić information content (AvgIpc) is 2.99. The highest BCUT2D eigenvalue weighted by Crippen LogP contribution is 2.32. The number of hydrogen-bond acceptors (Lipinski definition) is 8. The molecule has 0 spiro atoms. The van der Waals surface area contributed by atoms with Crippen molar-refractivity contribution >= 4 is 44.1 Å². The van der Waals surface area contributed by atoms with Gasteiger partial charge in [-0.2, -0.15) is 0 Å². The molecule has 1 aromatic heterocycles. The van der Waals surface area contributed by atoms with Crippen LogP contribution in [0.15, 0.2) is 83.9 Å². The maximum absolute atomic E-state index is 13.9. The first-order valence-corrected chi connectivity index (χ1v) is 17.9. The predicted molar refractivity (Wildman–Crippen MR) is 189 cm³/mol. The Morgan fingerprint density at radius 3 is 2.31 bits per heavy atom. The van der Waals surface area contributed by atoms with E-state index in [1.54, 1.807) is 45.2 Å². The van der Waals surface area contributed by atoms with Crippen LogP contribution in [0.5, 0.6) is 0 Å². The standard InChI is InChI=1S/C37H46N4O6S/c1-9-13-25-14-12-16-27(22-25)32(34(42)39-24-28-15-10-11-17-31(28)48(8,44)45)40-29-18-19-30-26(23-29)20-21-38-33(30)41(47-37(5,6)7)35(43)46-36(2,3)4/h10-12,14-23,32,40H,9,13,24H2,1-8H3,(H,39,42). The lowest BCUT2D eigenvalue weighted by Gasteiger charge is -2.31. The Balaban J connectivity index is 1.70. The van der Waals surface area contributed by atoms with Crippen molar-refractivity contribution in [1.29, 1.82) is 0 Å². The van der Waals surface area contributed by atoms with E-state index in [1.807, 2.05) is 69.3 Å². The van der Waals surface area contributed by atoms with Gasteiger partial charge >= 0.3 is 6.09 Å². The molecule has 11 heteroatoms. The Bertz CT molecular complexity index is 1880. The Morgan fingerprint density at radius 1 is 0.917 bits per heavy atom. The van der Waals surface area contributed by atoms with Crippen LogP contribution in [0.2, 0.25) is 0 Å². The van der Waals surface area contributed by atoms with E-state index in [2.05, 4.69) is 22.5 Å². The summed E-state index contributed by atoms with van der Waals surface area (Å²) in [7, 11) is -3.48. The van der Waals surface area contributed by atoms with E-state index in [4.69, 9.17) is 9.57 Å². The molecular formula is C37H46N4O6S. The molecule has 0 aliphatic rings. The first-order chi connectivity index (χ1) is 22.4. The number of sulfone groups is 1. The first kappa shape index (κ1) is 36.4. The van der Waals surface area contributed by atoms with Gasteiger partial charge in [0.05, 0.1) is 10.5 Å². The zero-order chi connectivity index (χ0) is 35.3. The molecule has 4 aromatic rings. The summed E-state index contributed by atoms with van der Waals surface area (Å²) < 4.78 is 30.4. The van der Waals surface area contributed by atoms with Crippen LogP contribution >= 0.6 is 0 Å². The number of carbonyl (C=O) groups excluding carboxylic acids is 2. The minimum Gasteiger partial charge on any atom is -0.442 e. The third-order valence-corrected chi connectivity index (χ3v) is 8.28. The summed E-state index contributed by atoms with van der Waals surface area (Å²) in [5.41, 5.74) is 1.54. The molecule has 48 heavy (non-hydrogen) atoms. The van der Waals surface area contributed by atoms with Gasteiger partial charge in [0.1, 0.15) is 11.6 Å². The number of pyridine rings is 1. The number of nitrogens with one attached hydrogen (secondary N) is 2. The van der Waals surface area contributed by atoms with Crippen LogP contribution in [0, 0.1) is 0 Å². The normalized spacial score (nSPS) is 12.8. The second-order valence-corrected chi connectivity index (χ2v) is 15.7. The maximum Gasteiger partial charge on any atom is 0.440 e. The van der Waals surface area contributed by atoms with Gasteiger partial charge in [-0.15, -0.1) is 5.06 Å². The van der Waals surface area contributed by atoms with E-state index < -0.39 is 33.2 Å². The van der Waals surface area contributed by atoms with Crippen LogP contribution in [0.25, 0.3) is 10.8 Å². The van der Waals surface area contributed by atoms with Gasteiger partial charge in [0.25, 0.3) is 0 Å². The summed E-state index contributed by atoms with van der Waals surface area (Å²) in [4.78, 5) is 37.9. The molecule has 0 bridgehead atoms. The number of aryl methyl sites for hydroxylation is 1. The Labute approximate surface area is 283 Å². The Morgan fingerprint density at radius 2 is 1.65 bits per heavy atom. The van der Waals surface area contributed by atoms with Crippen molar-refractivity contribution in [3.8, 4) is 0 Å². The molecule has 3 aromatic carbocycles. The minimum atomic E-state index is -3.48. The number of fused-ring (bicyclic) bond motifs is 1. The number of amides is 2. The number of anilines is 2. The lowest BCUT2D eigenvalue weighted by Crippen LogP contribution is -2.42. The van der Waals surface area contributed by atoms with Gasteiger partial charge in [-0.05, 0) is 100 Å². The van der Waals surface area contributed by atoms with Crippen molar-refractivity contribution < 1.29 is 27.6 Å². The molecule has 1 heterocycles. The lowest BCUT2D eigenvalue weighted by atomic mass is 10.00. The van der Waals surface area contributed by atoms with E-state index in [1.165, 1.54) is 6.07 Å². The van der Waals surface area contributed by atoms with Crippen LogP contribution < -0.4 is 15.7 Å². The number of benzene rings is 3. The SMILES string of the molecule is CCCc1cccc(C(Nc2ccc3c(N(OC(C)(C)C)C(=O)OC(C)(C)C)nccc3c2)C(=O)NCc2ccccc2S(C)(=O)=O)c1. The van der Waals surface area contributed by atoms with Crippen LogP contribution in [-0.4, -0.2) is 42.9 Å². The molecule has 2 N–H and O–H groups in total. The van der Waals surface area contributed by atoms with E-state index in [0.717, 1.165) is 40.7 Å². The molecule has 0 aliphatic heterocycles. The molecule has 10 nitrogen and oxygen atoms in total. The zero-order valence-electron chi connectivity index (χ0n) is 29.0. The second kappa shape index (κ2) is 14.7. The van der Waals surface area contributed by atoms with Crippen molar-refractivity contribution in [3.05, 3.63) is 95.7 Å². The number of rotatable bonds is 11. The first-order valence-electron chi connectivity index (χ1n) is 16.0. The summed E-state index contributed by atoms with van der Waals surface area (Å²) in [6, 6.07) is 21.0. The largest absolute Gasteiger partial charge is 0.442 e. The van der Waals surface area contributed by atoms with Gasteiger partial charge in [0, 0.05) is 30.1 Å². The number of aromatic nitrogens is 1. The molecule has 2 amide bonds. The number of nitrogens with zero attached hydrogens (tertiary/aromatic N) is 2. The summed E-state index contributed by atoms with van der Waals surface area (Å²) in [5.74, 6) is -0.0496. The third kappa shape index (κ3) is 9.77. The molecule has 0 aliphatic carbocycles. The van der Waals surface area contributed by atoms with E-state index >= 15 is 0 Å². The molecule has 1 atom stereocenters. The number of hydroxylamine groups is 1. The Hall–Kier alpha value is -4.48. The fourth-order valence-corrected chi connectivity index (χ4v) is 6.08. The highest BCUT2D eigenvalue weighted by molar-refractivity contribution is 7.90. The van der Waals surface area contributed by atoms with Crippen LogP contribution in [0.3, 0.4) is 0 Å². The minimum absolute atomic E-state index is 0.0376. The van der Waals surface area contributed by atoms with Crippen molar-refractivity contribution in [2.75, 3.05) is 16.6 Å². The predicted octanol–water partition coefficient (Wildman–Crippen LogP) is 7.53. The second-order valence-electron chi connectivity index (χ2n) is 13.7. The highest BCUT2D eigenvalue weighted by atomic mass is 32.2. The summed E-state index contributed by atoms with van der Waals surface area (Å²) >= 11 is 0. The fourth-order valence-electron chi connectivity index (χ4n) is 5.14. The van der Waals surface area contributed by atoms with Gasteiger partial charge in [0.2, 0.25) is 5.91 Å². The Kier molecular flexibility index (Phi) is 11.2. The van der Waals surface area contributed by atoms with E-state index in [-0.39, 0.29) is 23.2 Å². The summed E-state index contributed by atoms with van der Waals surface area (Å²) in [6.07, 6.45) is 3.86. The lowest BCUT2D eigenvalue weighted by molar-refractivity contribution is -0.122. The number of carbonyl (C=O) groups is 2. The molecule has 0 radical (unpaired) electrons. The molecule has 256 valence electrons. The van der Waals surface area contributed by atoms with Gasteiger partial charge in [-0.3, -0.25) is 9.63 Å². The highest BCUT2D eigenvalue weighted by Gasteiger charge is 2.31. The van der Waals surface area contributed by atoms with Gasteiger partial charge in [0.15, 0.2) is 15.7 Å². The van der Waals surface area contributed by atoms with Crippen molar-refractivity contribution in [3.63, 3.8) is 0 Å². The fraction of sp³-hybridized carbons (Fsp3) is 0.378. The number of ether oxygens (including phenoxy) is 1. The average molecular weight is 675 g/mol. The topological polar surface area (TPSA) is 127 Å². The molecular weight excluding hydrogens is 628 g/mol. The smallest absolute Gasteiger partial charge is 0.440 e. The van der Waals surface area contributed by atoms with Crippen LogP contribution in [0.1, 0.15) is 77.6 Å². The monoisotopic (exact) mass is 674 g/mol. The molecule has 0 saturated carbocycles. The van der Waals surface area contributed by atoms with Gasteiger partial charge in [-0.1, -0.05) is 55.8 Å². The zero-order valence-corrected chi connectivity index (χ0v) is 29.8. The molecule has 0 saturated heterocycles. The molecule has 4 rings (SSSR count). The van der Waals surface area contributed by atoms with Crippen molar-refractivity contribution in [1.82, 2.24) is 10.3 Å². The van der Waals surface area contributed by atoms with Crippen molar-refractivity contribution in [2.24, 2.45) is 0 Å². The summed E-state index contributed by atoms with van der Waals surface area (Å²) in [5, 5.41) is 8.81. The maximum atomic E-state index is 13.9. The van der Waals surface area contributed by atoms with Crippen LogP contribution in [0.4, 0.5) is 16.3 Å². The van der Waals surface area contributed by atoms with Crippen molar-refractivity contribution in [2.45, 2.75) is 90.0 Å². The quantitative estimate of drug-likeness (QED) is 0.156. The van der Waals surface area contributed by atoms with Gasteiger partial charge in [-0.25, -0.2) is 18.2 Å². The van der Waals surface area contributed by atoms with Gasteiger partial charge < -0.3 is 15.4 Å². The summed E-state index contributed by atoms with van der Waals surface area (Å²) in [6.45, 7) is 13.0. The molecule has 0 fully saturated rings. The number of hydrogen-bond donors (Lipinski definition) is 2.